The first-order chi connectivity index (χ1) is 20.2. The van der Waals surface area contributed by atoms with E-state index in [9.17, 15) is 9.90 Å². The molecule has 8 nitrogen and oxygen atoms in total. The maximum atomic E-state index is 16.0. The molecular weight excluding hydrogens is 539 g/mol. The van der Waals surface area contributed by atoms with Crippen LogP contribution in [0.15, 0.2) is 66.1 Å². The number of hydrogen-bond acceptors (Lipinski definition) is 7. The third-order valence-electron chi connectivity index (χ3n) is 7.32. The molecule has 2 aliphatic rings. The van der Waals surface area contributed by atoms with E-state index in [1.54, 1.807) is 49.6 Å². The number of nitrogens with one attached hydrogen (secondary N) is 1. The number of aromatic hydroxyl groups is 1. The van der Waals surface area contributed by atoms with Crippen molar-refractivity contribution >= 4 is 17.3 Å². The molecule has 0 aliphatic carbocycles. The van der Waals surface area contributed by atoms with E-state index in [2.05, 4.69) is 25.1 Å². The summed E-state index contributed by atoms with van der Waals surface area (Å²) >= 11 is 0. The largest absolute Gasteiger partial charge is 0.506 e. The van der Waals surface area contributed by atoms with Crippen LogP contribution >= 0.6 is 0 Å². The van der Waals surface area contributed by atoms with E-state index in [-0.39, 0.29) is 41.4 Å². The molecule has 1 unspecified atom stereocenters. The van der Waals surface area contributed by atoms with E-state index in [1.807, 2.05) is 0 Å². The molecule has 2 aliphatic heterocycles. The fourth-order valence-corrected chi connectivity index (χ4v) is 5.36. The third-order valence-corrected chi connectivity index (χ3v) is 7.32. The Balaban J connectivity index is 1.71. The van der Waals surface area contributed by atoms with Crippen molar-refractivity contribution in [2.45, 2.75) is 32.7 Å². The van der Waals surface area contributed by atoms with Crippen LogP contribution in [0.3, 0.4) is 0 Å². The van der Waals surface area contributed by atoms with Crippen LogP contribution in [0.2, 0.25) is 0 Å². The lowest BCUT2D eigenvalue weighted by molar-refractivity contribution is -0.118. The molecule has 0 saturated carbocycles. The number of anilines is 2. The molecule has 2 heterocycles. The van der Waals surface area contributed by atoms with Crippen molar-refractivity contribution in [3.63, 3.8) is 0 Å². The molecule has 2 N–H and O–H groups in total. The minimum atomic E-state index is -1.00. The van der Waals surface area contributed by atoms with Gasteiger partial charge in [0, 0.05) is 22.6 Å². The highest BCUT2D eigenvalue weighted by Gasteiger charge is 2.42. The van der Waals surface area contributed by atoms with Gasteiger partial charge in [-0.05, 0) is 48.9 Å². The lowest BCUT2D eigenvalue weighted by atomic mass is 9.85. The standard InChI is InChI=1S/C33H33FN2O6/c1-6-14-41-22-10-12-23(24(34)17-22)31-32-25(18-33(2,3)19-42-32)35-30-26(8-7-9-27(30)37)36(31)29(38)16-20-15-21(39-4)11-13-28(20)40-5/h1,7-13,15,17,31,35,37H,14,16,18-19H2,2-5H3. The Morgan fingerprint density at radius 2 is 1.95 bits per heavy atom. The number of phenols is 1. The van der Waals surface area contributed by atoms with Crippen molar-refractivity contribution in [3.8, 4) is 35.3 Å². The van der Waals surface area contributed by atoms with Gasteiger partial charge in [0.2, 0.25) is 5.91 Å². The molecule has 0 fully saturated rings. The maximum absolute atomic E-state index is 16.0. The van der Waals surface area contributed by atoms with Crippen LogP contribution in [0.1, 0.15) is 37.4 Å². The molecule has 1 atom stereocenters. The van der Waals surface area contributed by atoms with Gasteiger partial charge in [-0.1, -0.05) is 25.8 Å². The number of phenolic OH excluding ortho intramolecular Hbond substituents is 1. The Morgan fingerprint density at radius 1 is 1.17 bits per heavy atom. The third kappa shape index (κ3) is 5.53. The number of para-hydroxylation sites is 1. The normalized spacial score (nSPS) is 17.0. The van der Waals surface area contributed by atoms with Gasteiger partial charge in [-0.15, -0.1) is 6.42 Å². The number of nitrogens with zero attached hydrogens (tertiary/aromatic N) is 1. The van der Waals surface area contributed by atoms with E-state index >= 15 is 4.39 Å². The number of amides is 1. The summed E-state index contributed by atoms with van der Waals surface area (Å²) in [5.41, 5.74) is 1.88. The Bertz CT molecular complexity index is 1590. The zero-order chi connectivity index (χ0) is 30.0. The molecule has 0 aromatic heterocycles. The number of carbonyl (C=O) groups is 1. The average Bonchev–Trinajstić information content (AvgIpc) is 3.10. The van der Waals surface area contributed by atoms with Gasteiger partial charge in [0.05, 0.1) is 38.6 Å². The zero-order valence-corrected chi connectivity index (χ0v) is 24.0. The number of ether oxygens (including phenoxy) is 4. The van der Waals surface area contributed by atoms with Crippen LogP contribution in [0.4, 0.5) is 15.8 Å². The summed E-state index contributed by atoms with van der Waals surface area (Å²) in [5.74, 6) is 3.05. The highest BCUT2D eigenvalue weighted by molar-refractivity contribution is 6.01. The predicted octanol–water partition coefficient (Wildman–Crippen LogP) is 5.96. The smallest absolute Gasteiger partial charge is 0.232 e. The Kier molecular flexibility index (Phi) is 7.90. The van der Waals surface area contributed by atoms with Crippen LogP contribution in [0.25, 0.3) is 0 Å². The van der Waals surface area contributed by atoms with Gasteiger partial charge >= 0.3 is 0 Å². The summed E-state index contributed by atoms with van der Waals surface area (Å²) in [4.78, 5) is 15.9. The van der Waals surface area contributed by atoms with Crippen molar-refractivity contribution in [1.29, 1.82) is 0 Å². The predicted molar refractivity (Wildman–Crippen MR) is 157 cm³/mol. The fraction of sp³-hybridized carbons (Fsp3) is 0.303. The number of terminal acetylenes is 1. The lowest BCUT2D eigenvalue weighted by Gasteiger charge is -2.38. The van der Waals surface area contributed by atoms with E-state index in [0.29, 0.717) is 52.9 Å². The van der Waals surface area contributed by atoms with Gasteiger partial charge in [-0.2, -0.15) is 0 Å². The van der Waals surface area contributed by atoms with Crippen LogP contribution < -0.4 is 24.4 Å². The quantitative estimate of drug-likeness (QED) is 0.267. The minimum Gasteiger partial charge on any atom is -0.506 e. The van der Waals surface area contributed by atoms with E-state index < -0.39 is 11.9 Å². The molecule has 5 rings (SSSR count). The van der Waals surface area contributed by atoms with Crippen LogP contribution in [-0.4, -0.2) is 38.4 Å². The molecule has 0 radical (unpaired) electrons. The van der Waals surface area contributed by atoms with E-state index in [1.165, 1.54) is 24.1 Å². The van der Waals surface area contributed by atoms with Crippen molar-refractivity contribution < 1.29 is 33.2 Å². The van der Waals surface area contributed by atoms with Crippen molar-refractivity contribution in [2.24, 2.45) is 5.41 Å². The molecular formula is C33H33FN2O6. The minimum absolute atomic E-state index is 0.0146. The summed E-state index contributed by atoms with van der Waals surface area (Å²) in [6.07, 6.45) is 5.74. The zero-order valence-electron chi connectivity index (χ0n) is 24.0. The topological polar surface area (TPSA) is 89.5 Å². The molecule has 1 amide bonds. The first kappa shape index (κ1) is 28.7. The first-order valence-corrected chi connectivity index (χ1v) is 13.5. The Hall–Kier alpha value is -4.84. The summed E-state index contributed by atoms with van der Waals surface area (Å²) in [6, 6.07) is 13.5. The number of rotatable bonds is 7. The number of methoxy groups -OCH3 is 2. The summed E-state index contributed by atoms with van der Waals surface area (Å²) in [5, 5.41) is 14.3. The summed E-state index contributed by atoms with van der Waals surface area (Å²) < 4.78 is 38.7. The second-order valence-electron chi connectivity index (χ2n) is 11.0. The van der Waals surface area contributed by atoms with E-state index in [0.717, 1.165) is 0 Å². The Labute approximate surface area is 244 Å². The Morgan fingerprint density at radius 3 is 2.67 bits per heavy atom. The van der Waals surface area contributed by atoms with Crippen molar-refractivity contribution in [3.05, 3.63) is 83.0 Å². The number of fused-ring (bicyclic) bond motifs is 1. The molecule has 9 heteroatoms. The number of benzene rings is 3. The molecule has 218 valence electrons. The van der Waals surface area contributed by atoms with Crippen LogP contribution in [0, 0.1) is 23.6 Å². The monoisotopic (exact) mass is 572 g/mol. The molecule has 42 heavy (non-hydrogen) atoms. The lowest BCUT2D eigenvalue weighted by Crippen LogP contribution is -2.39. The molecule has 0 bridgehead atoms. The number of hydrogen-bond donors (Lipinski definition) is 2. The second-order valence-corrected chi connectivity index (χ2v) is 11.0. The highest BCUT2D eigenvalue weighted by Crippen LogP contribution is 2.50. The molecule has 0 saturated heterocycles. The number of carbonyl (C=O) groups excluding carboxylic acids is 1. The van der Waals surface area contributed by atoms with Crippen LogP contribution in [-0.2, 0) is 16.0 Å². The first-order valence-electron chi connectivity index (χ1n) is 13.5. The van der Waals surface area contributed by atoms with Gasteiger partial charge in [0.25, 0.3) is 0 Å². The summed E-state index contributed by atoms with van der Waals surface area (Å²) in [6.45, 7) is 4.45. The van der Waals surface area contributed by atoms with Crippen LogP contribution in [0.5, 0.6) is 23.0 Å². The highest BCUT2D eigenvalue weighted by atomic mass is 19.1. The maximum Gasteiger partial charge on any atom is 0.232 e. The summed E-state index contributed by atoms with van der Waals surface area (Å²) in [7, 11) is 3.06. The van der Waals surface area contributed by atoms with Gasteiger partial charge in [-0.3, -0.25) is 9.69 Å². The van der Waals surface area contributed by atoms with E-state index in [4.69, 9.17) is 25.4 Å². The van der Waals surface area contributed by atoms with Crippen molar-refractivity contribution in [2.75, 3.05) is 37.7 Å². The number of halogens is 1. The average molecular weight is 573 g/mol. The molecule has 3 aromatic carbocycles. The second kappa shape index (κ2) is 11.6. The van der Waals surface area contributed by atoms with Gasteiger partial charge < -0.3 is 29.4 Å². The SMILES string of the molecule is C#CCOc1ccc(C2C3=C(CC(C)(C)CO3)Nc3c(O)cccc3N2C(=O)Cc2cc(OC)ccc2OC)c(F)c1. The number of allylic oxidation sites excluding steroid dienone is 1. The molecule has 3 aromatic rings. The van der Waals surface area contributed by atoms with Gasteiger partial charge in [0.15, 0.2) is 0 Å². The fourth-order valence-electron chi connectivity index (χ4n) is 5.36. The van der Waals surface area contributed by atoms with Gasteiger partial charge in [0.1, 0.15) is 52.9 Å². The molecule has 0 spiro atoms. The van der Waals surface area contributed by atoms with Gasteiger partial charge in [-0.25, -0.2) is 4.39 Å². The van der Waals surface area contributed by atoms with Crippen molar-refractivity contribution in [1.82, 2.24) is 0 Å².